The Labute approximate surface area is 136 Å². The van der Waals surface area contributed by atoms with E-state index in [1.807, 2.05) is 30.3 Å². The molecule has 2 aromatic carbocycles. The normalized spacial score (nSPS) is 10.7. The molecule has 118 valence electrons. The van der Waals surface area contributed by atoms with Gasteiger partial charge in [0.2, 0.25) is 0 Å². The third kappa shape index (κ3) is 5.11. The van der Waals surface area contributed by atoms with Crippen LogP contribution in [0.2, 0.25) is 0 Å². The lowest BCUT2D eigenvalue weighted by Gasteiger charge is -2.05. The van der Waals surface area contributed by atoms with Crippen LogP contribution in [0.25, 0.3) is 6.08 Å². The Bertz CT molecular complexity index is 689. The van der Waals surface area contributed by atoms with E-state index in [0.29, 0.717) is 11.5 Å². The number of amides is 2. The summed E-state index contributed by atoms with van der Waals surface area (Å²) in [6.45, 7) is 4.27. The largest absolute Gasteiger partial charge is 0.269 e. The van der Waals surface area contributed by atoms with Crippen molar-refractivity contribution in [3.05, 3.63) is 77.4 Å². The molecule has 23 heavy (non-hydrogen) atoms. The van der Waals surface area contributed by atoms with Gasteiger partial charge in [-0.3, -0.25) is 20.4 Å². The summed E-state index contributed by atoms with van der Waals surface area (Å²) in [4.78, 5) is 23.5. The van der Waals surface area contributed by atoms with Gasteiger partial charge < -0.3 is 0 Å². The molecule has 4 nitrogen and oxygen atoms in total. The number of rotatable bonds is 4. The predicted molar refractivity (Wildman–Crippen MR) is 91.6 cm³/mol. The van der Waals surface area contributed by atoms with Crippen LogP contribution in [-0.2, 0) is 4.79 Å². The molecule has 0 atom stereocenters. The summed E-state index contributed by atoms with van der Waals surface area (Å²) < 4.78 is 0. The zero-order valence-corrected chi connectivity index (χ0v) is 13.2. The smallest absolute Gasteiger partial charge is 0.268 e. The molecule has 0 saturated carbocycles. The van der Waals surface area contributed by atoms with Gasteiger partial charge in [0.15, 0.2) is 0 Å². The van der Waals surface area contributed by atoms with Crippen molar-refractivity contribution in [3.63, 3.8) is 0 Å². The van der Waals surface area contributed by atoms with Gasteiger partial charge in [0.1, 0.15) is 0 Å². The molecule has 2 rings (SSSR count). The van der Waals surface area contributed by atoms with Crippen molar-refractivity contribution in [2.24, 2.45) is 0 Å². The molecule has 4 heteroatoms. The second-order valence-electron chi connectivity index (χ2n) is 5.46. The van der Waals surface area contributed by atoms with Gasteiger partial charge in [-0.15, -0.1) is 0 Å². The van der Waals surface area contributed by atoms with E-state index in [9.17, 15) is 9.59 Å². The Hall–Kier alpha value is -2.88. The van der Waals surface area contributed by atoms with Crippen molar-refractivity contribution in [1.82, 2.24) is 10.9 Å². The minimum absolute atomic E-state index is 0.353. The summed E-state index contributed by atoms with van der Waals surface area (Å²) in [7, 11) is 0. The first-order chi connectivity index (χ1) is 11.1. The standard InChI is InChI=1S/C19H20N2O2/c1-14(2)16-11-8-15(9-12-16)10-13-18(22)20-21-19(23)17-6-4-3-5-7-17/h3-14H,1-2H3,(H,20,22)(H,21,23)/b13-10+. The van der Waals surface area contributed by atoms with E-state index in [4.69, 9.17) is 0 Å². The topological polar surface area (TPSA) is 58.2 Å². The van der Waals surface area contributed by atoms with Crippen molar-refractivity contribution in [1.29, 1.82) is 0 Å². The molecule has 0 spiro atoms. The highest BCUT2D eigenvalue weighted by Gasteiger charge is 2.04. The van der Waals surface area contributed by atoms with E-state index in [0.717, 1.165) is 5.56 Å². The molecule has 2 N–H and O–H groups in total. The van der Waals surface area contributed by atoms with E-state index in [-0.39, 0.29) is 11.8 Å². The molecular formula is C19H20N2O2. The zero-order valence-electron chi connectivity index (χ0n) is 13.2. The highest BCUT2D eigenvalue weighted by Crippen LogP contribution is 2.15. The zero-order chi connectivity index (χ0) is 16.7. The minimum atomic E-state index is -0.387. The summed E-state index contributed by atoms with van der Waals surface area (Å²) in [6.07, 6.45) is 3.09. The first-order valence-corrected chi connectivity index (χ1v) is 7.49. The highest BCUT2D eigenvalue weighted by atomic mass is 16.2. The number of hydrazine groups is 1. The lowest BCUT2D eigenvalue weighted by Crippen LogP contribution is -2.40. The lowest BCUT2D eigenvalue weighted by molar-refractivity contribution is -0.117. The molecule has 0 aliphatic carbocycles. The second-order valence-corrected chi connectivity index (χ2v) is 5.46. The Morgan fingerprint density at radius 3 is 2.17 bits per heavy atom. The Kier molecular flexibility index (Phi) is 5.69. The van der Waals surface area contributed by atoms with Crippen LogP contribution >= 0.6 is 0 Å². The maximum atomic E-state index is 11.8. The van der Waals surface area contributed by atoms with Crippen molar-refractivity contribution in [3.8, 4) is 0 Å². The van der Waals surface area contributed by atoms with Gasteiger partial charge in [-0.1, -0.05) is 56.3 Å². The van der Waals surface area contributed by atoms with Gasteiger partial charge in [0, 0.05) is 11.6 Å². The van der Waals surface area contributed by atoms with Crippen molar-refractivity contribution in [2.45, 2.75) is 19.8 Å². The molecule has 0 aromatic heterocycles. The van der Waals surface area contributed by atoms with Crippen LogP contribution in [-0.4, -0.2) is 11.8 Å². The quantitative estimate of drug-likeness (QED) is 0.672. The van der Waals surface area contributed by atoms with Crippen LogP contribution in [0.5, 0.6) is 0 Å². The van der Waals surface area contributed by atoms with Crippen LogP contribution in [0.1, 0.15) is 41.3 Å². The van der Waals surface area contributed by atoms with Gasteiger partial charge in [-0.05, 0) is 35.3 Å². The minimum Gasteiger partial charge on any atom is -0.268 e. The van der Waals surface area contributed by atoms with E-state index >= 15 is 0 Å². The van der Waals surface area contributed by atoms with Crippen LogP contribution in [0.15, 0.2) is 60.7 Å². The van der Waals surface area contributed by atoms with E-state index in [1.54, 1.807) is 30.3 Å². The summed E-state index contributed by atoms with van der Waals surface area (Å²) in [6, 6.07) is 16.7. The average Bonchev–Trinajstić information content (AvgIpc) is 2.59. The molecule has 0 heterocycles. The first-order valence-electron chi connectivity index (χ1n) is 7.49. The lowest BCUT2D eigenvalue weighted by atomic mass is 10.0. The summed E-state index contributed by atoms with van der Waals surface area (Å²) in [5.41, 5.74) is 7.39. The van der Waals surface area contributed by atoms with E-state index in [1.165, 1.54) is 11.6 Å². The summed E-state index contributed by atoms with van der Waals surface area (Å²) in [5, 5.41) is 0. The van der Waals surface area contributed by atoms with Crippen molar-refractivity contribution < 1.29 is 9.59 Å². The van der Waals surface area contributed by atoms with Crippen molar-refractivity contribution >= 4 is 17.9 Å². The fourth-order valence-electron chi connectivity index (χ4n) is 1.99. The van der Waals surface area contributed by atoms with E-state index in [2.05, 4.69) is 24.7 Å². The maximum absolute atomic E-state index is 11.8. The fourth-order valence-corrected chi connectivity index (χ4v) is 1.99. The number of nitrogens with one attached hydrogen (secondary N) is 2. The van der Waals surface area contributed by atoms with Gasteiger partial charge in [-0.25, -0.2) is 0 Å². The third-order valence-corrected chi connectivity index (χ3v) is 3.37. The number of carbonyl (C=O) groups is 2. The van der Waals surface area contributed by atoms with Crippen LogP contribution in [0, 0.1) is 0 Å². The predicted octanol–water partition coefficient (Wildman–Crippen LogP) is 3.28. The number of hydrogen-bond acceptors (Lipinski definition) is 2. The number of carbonyl (C=O) groups excluding carboxylic acids is 2. The van der Waals surface area contributed by atoms with Gasteiger partial charge in [-0.2, -0.15) is 0 Å². The highest BCUT2D eigenvalue weighted by molar-refractivity contribution is 5.97. The molecular weight excluding hydrogens is 288 g/mol. The molecule has 0 radical (unpaired) electrons. The first kappa shape index (κ1) is 16.5. The molecule has 0 bridgehead atoms. The van der Waals surface area contributed by atoms with Gasteiger partial charge in [0.25, 0.3) is 11.8 Å². The molecule has 0 aliphatic rings. The molecule has 0 saturated heterocycles. The molecule has 2 amide bonds. The maximum Gasteiger partial charge on any atom is 0.269 e. The Morgan fingerprint density at radius 1 is 0.913 bits per heavy atom. The molecule has 0 fully saturated rings. The third-order valence-electron chi connectivity index (χ3n) is 3.37. The van der Waals surface area contributed by atoms with Crippen LogP contribution in [0.3, 0.4) is 0 Å². The Morgan fingerprint density at radius 2 is 1.57 bits per heavy atom. The van der Waals surface area contributed by atoms with Crippen LogP contribution in [0.4, 0.5) is 0 Å². The van der Waals surface area contributed by atoms with E-state index < -0.39 is 0 Å². The average molecular weight is 308 g/mol. The van der Waals surface area contributed by atoms with Gasteiger partial charge in [0.05, 0.1) is 0 Å². The molecule has 2 aromatic rings. The second kappa shape index (κ2) is 7.94. The van der Waals surface area contributed by atoms with Crippen molar-refractivity contribution in [2.75, 3.05) is 0 Å². The van der Waals surface area contributed by atoms with Crippen LogP contribution < -0.4 is 10.9 Å². The number of benzene rings is 2. The SMILES string of the molecule is CC(C)c1ccc(/C=C/C(=O)NNC(=O)c2ccccc2)cc1. The summed E-state index contributed by atoms with van der Waals surface area (Å²) >= 11 is 0. The monoisotopic (exact) mass is 308 g/mol. The molecule has 0 unspecified atom stereocenters. The number of hydrogen-bond donors (Lipinski definition) is 2. The fraction of sp³-hybridized carbons (Fsp3) is 0.158. The Balaban J connectivity index is 1.85. The molecule has 0 aliphatic heterocycles. The summed E-state index contributed by atoms with van der Waals surface area (Å²) in [5.74, 6) is -0.264. The van der Waals surface area contributed by atoms with Gasteiger partial charge >= 0.3 is 0 Å².